The van der Waals surface area contributed by atoms with E-state index in [1.165, 1.54) is 0 Å². The molecule has 2 unspecified atom stereocenters. The van der Waals surface area contributed by atoms with Crippen LogP contribution in [0.25, 0.3) is 0 Å². The van der Waals surface area contributed by atoms with E-state index in [1.807, 2.05) is 19.9 Å². The van der Waals surface area contributed by atoms with Gasteiger partial charge in [0.05, 0.1) is 6.54 Å². The minimum Gasteiger partial charge on any atom is -0.349 e. The van der Waals surface area contributed by atoms with E-state index in [1.54, 1.807) is 18.4 Å². The average Bonchev–Trinajstić information content (AvgIpc) is 2.36. The normalized spacial score (nSPS) is 13.0. The van der Waals surface area contributed by atoms with Crippen LogP contribution < -0.4 is 11.1 Å². The molecule has 0 heterocycles. The van der Waals surface area contributed by atoms with Crippen molar-refractivity contribution in [3.8, 4) is 11.8 Å². The number of rotatable bonds is 4. The molecule has 4 nitrogen and oxygen atoms in total. The van der Waals surface area contributed by atoms with Gasteiger partial charge >= 0.3 is 0 Å². The number of aryl methyl sites for hydroxylation is 1. The molecule has 0 radical (unpaired) electrons. The number of hydrogen-bond donors (Lipinski definition) is 2. The quantitative estimate of drug-likeness (QED) is 0.806. The van der Waals surface area contributed by atoms with Gasteiger partial charge in [0, 0.05) is 40.0 Å². The first-order valence-electron chi connectivity index (χ1n) is 6.34. The molecule has 0 aliphatic heterocycles. The van der Waals surface area contributed by atoms with E-state index in [0.717, 1.165) is 11.1 Å². The molecule has 5 heteroatoms. The highest BCUT2D eigenvalue weighted by Crippen LogP contribution is 2.10. The first kappa shape index (κ1) is 16.4. The number of nitrogens with two attached hydrogens (primary N) is 1. The highest BCUT2D eigenvalue weighted by Gasteiger charge is 2.11. The van der Waals surface area contributed by atoms with E-state index in [0.29, 0.717) is 11.3 Å². The molecule has 3 N–H and O–H groups in total. The molecule has 1 amide bonds. The Bertz CT molecular complexity index is 573. The fourth-order valence-electron chi connectivity index (χ4n) is 1.75. The molecule has 0 saturated carbocycles. The summed E-state index contributed by atoms with van der Waals surface area (Å²) in [6.45, 7) is 4.06. The van der Waals surface area contributed by atoms with Crippen molar-refractivity contribution in [2.75, 3.05) is 18.6 Å². The van der Waals surface area contributed by atoms with Gasteiger partial charge in [-0.2, -0.15) is 0 Å². The third-order valence-electron chi connectivity index (χ3n) is 2.69. The summed E-state index contributed by atoms with van der Waals surface area (Å²) in [4.78, 5) is 12.1. The smallest absolute Gasteiger partial charge is 0.251 e. The third-order valence-corrected chi connectivity index (χ3v) is 3.66. The zero-order valence-corrected chi connectivity index (χ0v) is 12.8. The third kappa shape index (κ3) is 5.16. The Balaban J connectivity index is 2.86. The van der Waals surface area contributed by atoms with Crippen LogP contribution in [0.5, 0.6) is 0 Å². The van der Waals surface area contributed by atoms with Crippen molar-refractivity contribution in [2.24, 2.45) is 5.73 Å². The second-order valence-corrected chi connectivity index (χ2v) is 6.13. The van der Waals surface area contributed by atoms with E-state index in [-0.39, 0.29) is 18.5 Å². The van der Waals surface area contributed by atoms with Crippen LogP contribution in [-0.4, -0.2) is 34.7 Å². The van der Waals surface area contributed by atoms with E-state index < -0.39 is 10.8 Å². The number of carbonyl (C=O) groups is 1. The molecule has 0 saturated heterocycles. The molecule has 0 fully saturated rings. The second kappa shape index (κ2) is 7.83. The van der Waals surface area contributed by atoms with Crippen molar-refractivity contribution < 1.29 is 9.00 Å². The van der Waals surface area contributed by atoms with Crippen LogP contribution in [0.2, 0.25) is 0 Å². The first-order chi connectivity index (χ1) is 9.43. The lowest BCUT2D eigenvalue weighted by Gasteiger charge is -2.13. The van der Waals surface area contributed by atoms with Crippen molar-refractivity contribution >= 4 is 16.7 Å². The minimum atomic E-state index is -0.932. The summed E-state index contributed by atoms with van der Waals surface area (Å²) in [6, 6.07) is 5.24. The lowest BCUT2D eigenvalue weighted by atomic mass is 10.0. The number of carbonyl (C=O) groups excluding carboxylic acids is 1. The fourth-order valence-corrected chi connectivity index (χ4v) is 2.53. The summed E-state index contributed by atoms with van der Waals surface area (Å²) in [5, 5.41) is 2.83. The Labute approximate surface area is 122 Å². The Morgan fingerprint density at radius 2 is 2.20 bits per heavy atom. The summed E-state index contributed by atoms with van der Waals surface area (Å²) in [5.74, 6) is 5.99. The first-order valence-corrected chi connectivity index (χ1v) is 8.07. The molecule has 1 rings (SSSR count). The molecule has 0 aliphatic carbocycles. The zero-order valence-electron chi connectivity index (χ0n) is 12.0. The van der Waals surface area contributed by atoms with Gasteiger partial charge in [0.15, 0.2) is 0 Å². The lowest BCUT2D eigenvalue weighted by molar-refractivity contribution is 0.0943. The van der Waals surface area contributed by atoms with Gasteiger partial charge in [0.2, 0.25) is 0 Å². The molecule has 0 aromatic heterocycles. The molecule has 20 heavy (non-hydrogen) atoms. The lowest BCUT2D eigenvalue weighted by Crippen LogP contribution is -2.36. The molecule has 0 bridgehead atoms. The molecular formula is C15H20N2O2S. The van der Waals surface area contributed by atoms with Crippen molar-refractivity contribution in [1.82, 2.24) is 5.32 Å². The van der Waals surface area contributed by atoms with E-state index in [4.69, 9.17) is 5.73 Å². The van der Waals surface area contributed by atoms with Crippen LogP contribution in [0.1, 0.15) is 28.4 Å². The Hall–Kier alpha value is -1.64. The molecule has 1 aromatic rings. The maximum atomic E-state index is 12.1. The van der Waals surface area contributed by atoms with Crippen LogP contribution in [0.15, 0.2) is 18.2 Å². The van der Waals surface area contributed by atoms with Crippen LogP contribution >= 0.6 is 0 Å². The van der Waals surface area contributed by atoms with E-state index in [9.17, 15) is 9.00 Å². The Morgan fingerprint density at radius 3 is 2.80 bits per heavy atom. The fraction of sp³-hybridized carbons (Fsp3) is 0.400. The molecule has 2 atom stereocenters. The minimum absolute atomic E-state index is 0.131. The zero-order chi connectivity index (χ0) is 15.1. The molecule has 1 aromatic carbocycles. The van der Waals surface area contributed by atoms with Gasteiger partial charge in [0.25, 0.3) is 5.91 Å². The van der Waals surface area contributed by atoms with Crippen molar-refractivity contribution in [3.05, 3.63) is 34.9 Å². The maximum Gasteiger partial charge on any atom is 0.251 e. The second-order valence-electron chi connectivity index (χ2n) is 4.65. The maximum absolute atomic E-state index is 12.1. The number of benzene rings is 1. The number of amides is 1. The van der Waals surface area contributed by atoms with E-state index in [2.05, 4.69) is 17.2 Å². The molecular weight excluding hydrogens is 272 g/mol. The van der Waals surface area contributed by atoms with Crippen LogP contribution in [0.4, 0.5) is 0 Å². The predicted molar refractivity (Wildman–Crippen MR) is 83.0 cm³/mol. The van der Waals surface area contributed by atoms with Gasteiger partial charge in [0.1, 0.15) is 0 Å². The van der Waals surface area contributed by atoms with Crippen LogP contribution in [0.3, 0.4) is 0 Å². The van der Waals surface area contributed by atoms with Crippen molar-refractivity contribution in [1.29, 1.82) is 0 Å². The largest absolute Gasteiger partial charge is 0.349 e. The van der Waals surface area contributed by atoms with Crippen molar-refractivity contribution in [3.63, 3.8) is 0 Å². The average molecular weight is 292 g/mol. The van der Waals surface area contributed by atoms with Gasteiger partial charge in [-0.3, -0.25) is 9.00 Å². The van der Waals surface area contributed by atoms with Crippen molar-refractivity contribution in [2.45, 2.75) is 19.9 Å². The number of hydrogen-bond acceptors (Lipinski definition) is 3. The molecule has 108 valence electrons. The summed E-state index contributed by atoms with van der Waals surface area (Å²) < 4.78 is 11.1. The summed E-state index contributed by atoms with van der Waals surface area (Å²) in [7, 11) is -0.932. The Morgan fingerprint density at radius 1 is 1.50 bits per heavy atom. The monoisotopic (exact) mass is 292 g/mol. The number of nitrogens with one attached hydrogen (secondary N) is 1. The SMILES string of the molecule is Cc1ccc(C(=O)NC(C)CS(C)=O)cc1C#CCN. The van der Waals surface area contributed by atoms with E-state index >= 15 is 0 Å². The molecule has 0 spiro atoms. The summed E-state index contributed by atoms with van der Waals surface area (Å²) in [6.07, 6.45) is 1.62. The van der Waals surface area contributed by atoms with Gasteiger partial charge in [-0.15, -0.1) is 0 Å². The van der Waals surface area contributed by atoms with Gasteiger partial charge in [-0.25, -0.2) is 0 Å². The van der Waals surface area contributed by atoms with Gasteiger partial charge in [-0.05, 0) is 31.5 Å². The topological polar surface area (TPSA) is 72.2 Å². The highest BCUT2D eigenvalue weighted by atomic mass is 32.2. The predicted octanol–water partition coefficient (Wildman–Crippen LogP) is 0.802. The van der Waals surface area contributed by atoms with Crippen LogP contribution in [0, 0.1) is 18.8 Å². The van der Waals surface area contributed by atoms with Gasteiger partial charge < -0.3 is 11.1 Å². The van der Waals surface area contributed by atoms with Gasteiger partial charge in [-0.1, -0.05) is 17.9 Å². The summed E-state index contributed by atoms with van der Waals surface area (Å²) in [5.41, 5.74) is 7.71. The van der Waals surface area contributed by atoms with Crippen LogP contribution in [-0.2, 0) is 10.8 Å². The molecule has 0 aliphatic rings. The highest BCUT2D eigenvalue weighted by molar-refractivity contribution is 7.84. The standard InChI is InChI=1S/C15H20N2O2S/c1-11-6-7-14(9-13(11)5-4-8-16)15(18)17-12(2)10-20(3)19/h6-7,9,12H,8,10,16H2,1-3H3,(H,17,18). The Kier molecular flexibility index (Phi) is 6.43. The summed E-state index contributed by atoms with van der Waals surface area (Å²) >= 11 is 0.